The predicted molar refractivity (Wildman–Crippen MR) is 53.0 cm³/mol. The van der Waals surface area contributed by atoms with Crippen LogP contribution in [0.1, 0.15) is 12.8 Å². The highest BCUT2D eigenvalue weighted by atomic mass is 32.2. The molecule has 1 aliphatic rings. The second-order valence-electron chi connectivity index (χ2n) is 3.52. The standard InChI is InChI=1S/C8H12N2O5S/c9-3-6-16(13,14)10-8(7(11)12)1-4-15-5-2-8/h10H,1-2,4-6H2,(H,11,12). The Morgan fingerprint density at radius 1 is 1.50 bits per heavy atom. The lowest BCUT2D eigenvalue weighted by atomic mass is 9.92. The average molecular weight is 248 g/mol. The lowest BCUT2D eigenvalue weighted by molar-refractivity contribution is -0.147. The summed E-state index contributed by atoms with van der Waals surface area (Å²) in [5, 5.41) is 17.4. The first kappa shape index (κ1) is 12.9. The van der Waals surface area contributed by atoms with Gasteiger partial charge in [-0.1, -0.05) is 0 Å². The molecule has 2 N–H and O–H groups in total. The molecule has 0 bridgehead atoms. The number of hydrogen-bond donors (Lipinski definition) is 2. The minimum Gasteiger partial charge on any atom is -0.480 e. The average Bonchev–Trinajstić information content (AvgIpc) is 2.17. The predicted octanol–water partition coefficient (Wildman–Crippen LogP) is -0.937. The van der Waals surface area contributed by atoms with Crippen LogP contribution in [0.4, 0.5) is 0 Å². The SMILES string of the molecule is N#CCS(=O)(=O)NC1(C(=O)O)CCOCC1. The molecule has 8 heteroatoms. The normalized spacial score (nSPS) is 19.9. The number of aliphatic carboxylic acids is 1. The molecular weight excluding hydrogens is 236 g/mol. The molecule has 0 aromatic carbocycles. The Kier molecular flexibility index (Phi) is 3.85. The number of nitrogens with one attached hydrogen (secondary N) is 1. The lowest BCUT2D eigenvalue weighted by Crippen LogP contribution is -2.57. The summed E-state index contributed by atoms with van der Waals surface area (Å²) in [6.45, 7) is 0.364. The molecule has 0 aliphatic carbocycles. The van der Waals surface area contributed by atoms with E-state index >= 15 is 0 Å². The number of nitriles is 1. The molecule has 0 aromatic heterocycles. The van der Waals surface area contributed by atoms with Crippen LogP contribution in [0.3, 0.4) is 0 Å². The van der Waals surface area contributed by atoms with Crippen LogP contribution in [0, 0.1) is 11.3 Å². The molecule has 0 saturated carbocycles. The van der Waals surface area contributed by atoms with Gasteiger partial charge in [-0.25, -0.2) is 8.42 Å². The summed E-state index contributed by atoms with van der Waals surface area (Å²) >= 11 is 0. The van der Waals surface area contributed by atoms with Crippen molar-refractivity contribution in [2.75, 3.05) is 19.0 Å². The monoisotopic (exact) mass is 248 g/mol. The number of carboxylic acid groups (broad SMARTS) is 1. The quantitative estimate of drug-likeness (QED) is 0.663. The Hall–Kier alpha value is -1.17. The summed E-state index contributed by atoms with van der Waals surface area (Å²) in [7, 11) is -3.88. The van der Waals surface area contributed by atoms with Gasteiger partial charge in [0.05, 0.1) is 6.07 Å². The minimum absolute atomic E-state index is 0.0625. The second kappa shape index (κ2) is 4.78. The van der Waals surface area contributed by atoms with Gasteiger partial charge in [0.15, 0.2) is 5.75 Å². The largest absolute Gasteiger partial charge is 0.480 e. The zero-order valence-electron chi connectivity index (χ0n) is 8.47. The van der Waals surface area contributed by atoms with E-state index in [1.165, 1.54) is 6.07 Å². The molecular formula is C8H12N2O5S. The summed E-state index contributed by atoms with van der Waals surface area (Å²) < 4.78 is 29.8. The number of ether oxygens (including phenoxy) is 1. The third kappa shape index (κ3) is 2.91. The summed E-state index contributed by atoms with van der Waals surface area (Å²) in [5.41, 5.74) is -1.53. The van der Waals surface area contributed by atoms with Crippen molar-refractivity contribution in [1.82, 2.24) is 4.72 Å². The van der Waals surface area contributed by atoms with E-state index in [4.69, 9.17) is 15.1 Å². The minimum atomic E-state index is -3.88. The fourth-order valence-electron chi connectivity index (χ4n) is 1.50. The zero-order valence-corrected chi connectivity index (χ0v) is 9.29. The van der Waals surface area contributed by atoms with Gasteiger partial charge in [0.1, 0.15) is 5.54 Å². The summed E-state index contributed by atoms with van der Waals surface area (Å²) in [4.78, 5) is 11.1. The Balaban J connectivity index is 2.88. The van der Waals surface area contributed by atoms with Gasteiger partial charge < -0.3 is 9.84 Å². The first-order valence-corrected chi connectivity index (χ1v) is 6.27. The lowest BCUT2D eigenvalue weighted by Gasteiger charge is -2.33. The van der Waals surface area contributed by atoms with E-state index in [1.54, 1.807) is 0 Å². The van der Waals surface area contributed by atoms with Gasteiger partial charge >= 0.3 is 5.97 Å². The molecule has 0 atom stereocenters. The molecule has 1 aliphatic heterocycles. The molecule has 0 spiro atoms. The topological polar surface area (TPSA) is 116 Å². The van der Waals surface area contributed by atoms with Crippen molar-refractivity contribution in [3.8, 4) is 6.07 Å². The van der Waals surface area contributed by atoms with E-state index in [2.05, 4.69) is 4.72 Å². The van der Waals surface area contributed by atoms with Crippen LogP contribution in [0.25, 0.3) is 0 Å². The highest BCUT2D eigenvalue weighted by Gasteiger charge is 2.43. The number of carbonyl (C=O) groups is 1. The highest BCUT2D eigenvalue weighted by Crippen LogP contribution is 2.22. The van der Waals surface area contributed by atoms with E-state index in [0.717, 1.165) is 0 Å². The smallest absolute Gasteiger partial charge is 0.325 e. The van der Waals surface area contributed by atoms with Crippen molar-refractivity contribution >= 4 is 16.0 Å². The van der Waals surface area contributed by atoms with Gasteiger partial charge in [-0.15, -0.1) is 0 Å². The third-order valence-electron chi connectivity index (χ3n) is 2.36. The van der Waals surface area contributed by atoms with Gasteiger partial charge in [-0.2, -0.15) is 9.98 Å². The fourth-order valence-corrected chi connectivity index (χ4v) is 2.63. The molecule has 90 valence electrons. The van der Waals surface area contributed by atoms with E-state index in [9.17, 15) is 13.2 Å². The molecule has 16 heavy (non-hydrogen) atoms. The summed E-state index contributed by atoms with van der Waals surface area (Å²) in [5.74, 6) is -1.99. The Morgan fingerprint density at radius 3 is 2.50 bits per heavy atom. The van der Waals surface area contributed by atoms with Crippen LogP contribution in [0.2, 0.25) is 0 Å². The van der Waals surface area contributed by atoms with E-state index in [0.29, 0.717) is 0 Å². The molecule has 1 fully saturated rings. The van der Waals surface area contributed by atoms with Crippen molar-refractivity contribution in [2.24, 2.45) is 0 Å². The highest BCUT2D eigenvalue weighted by molar-refractivity contribution is 7.89. The molecule has 1 saturated heterocycles. The molecule has 1 rings (SSSR count). The van der Waals surface area contributed by atoms with Crippen molar-refractivity contribution in [3.63, 3.8) is 0 Å². The zero-order chi connectivity index (χ0) is 12.2. The number of carboxylic acids is 1. The van der Waals surface area contributed by atoms with Crippen LogP contribution in [-0.4, -0.2) is 44.0 Å². The summed E-state index contributed by atoms with van der Waals surface area (Å²) in [6.07, 6.45) is 0.125. The van der Waals surface area contributed by atoms with Crippen molar-refractivity contribution in [1.29, 1.82) is 5.26 Å². The number of nitrogens with zero attached hydrogens (tertiary/aromatic N) is 1. The fraction of sp³-hybridized carbons (Fsp3) is 0.750. The maximum atomic E-state index is 11.4. The second-order valence-corrected chi connectivity index (χ2v) is 5.24. The van der Waals surface area contributed by atoms with Gasteiger partial charge in [0, 0.05) is 26.1 Å². The Bertz CT molecular complexity index is 405. The van der Waals surface area contributed by atoms with Gasteiger partial charge in [0.2, 0.25) is 10.0 Å². The molecule has 0 aromatic rings. The molecule has 1 heterocycles. The molecule has 7 nitrogen and oxygen atoms in total. The molecule has 0 unspecified atom stereocenters. The van der Waals surface area contributed by atoms with E-state index in [1.807, 2.05) is 0 Å². The van der Waals surface area contributed by atoms with Crippen LogP contribution in [0.15, 0.2) is 0 Å². The van der Waals surface area contributed by atoms with Gasteiger partial charge in [-0.3, -0.25) is 4.79 Å². The summed E-state index contributed by atoms with van der Waals surface area (Å²) in [6, 6.07) is 1.48. The van der Waals surface area contributed by atoms with Gasteiger partial charge in [0.25, 0.3) is 0 Å². The van der Waals surface area contributed by atoms with E-state index < -0.39 is 27.3 Å². The number of sulfonamides is 1. The third-order valence-corrected chi connectivity index (χ3v) is 3.57. The van der Waals surface area contributed by atoms with Gasteiger partial charge in [-0.05, 0) is 0 Å². The molecule has 0 amide bonds. The van der Waals surface area contributed by atoms with Crippen molar-refractivity contribution in [2.45, 2.75) is 18.4 Å². The van der Waals surface area contributed by atoms with Crippen LogP contribution in [-0.2, 0) is 19.6 Å². The first-order valence-electron chi connectivity index (χ1n) is 4.62. The van der Waals surface area contributed by atoms with Crippen molar-refractivity contribution in [3.05, 3.63) is 0 Å². The van der Waals surface area contributed by atoms with Crippen molar-refractivity contribution < 1.29 is 23.1 Å². The molecule has 0 radical (unpaired) electrons. The Morgan fingerprint density at radius 2 is 2.06 bits per heavy atom. The maximum absolute atomic E-state index is 11.4. The van der Waals surface area contributed by atoms with Crippen LogP contribution < -0.4 is 4.72 Å². The number of rotatable bonds is 4. The Labute approximate surface area is 93.1 Å². The maximum Gasteiger partial charge on any atom is 0.325 e. The first-order chi connectivity index (χ1) is 7.42. The van der Waals surface area contributed by atoms with Crippen LogP contribution in [0.5, 0.6) is 0 Å². The van der Waals surface area contributed by atoms with Crippen LogP contribution >= 0.6 is 0 Å². The van der Waals surface area contributed by atoms with E-state index in [-0.39, 0.29) is 26.1 Å². The number of hydrogen-bond acceptors (Lipinski definition) is 5.